The van der Waals surface area contributed by atoms with Crippen molar-refractivity contribution in [2.24, 2.45) is 0 Å². The molecule has 0 N–H and O–H groups in total. The number of aromatic nitrogens is 1. The number of amides is 1. The molecular formula is C14H14N2O3. The van der Waals surface area contributed by atoms with Gasteiger partial charge in [0.25, 0.3) is 5.91 Å². The molecule has 1 amide bonds. The highest BCUT2D eigenvalue weighted by Gasteiger charge is 2.34. The number of para-hydroxylation sites is 1. The quantitative estimate of drug-likeness (QED) is 0.843. The van der Waals surface area contributed by atoms with Crippen molar-refractivity contribution >= 4 is 5.91 Å². The largest absolute Gasteiger partial charge is 0.487 e. The van der Waals surface area contributed by atoms with E-state index in [4.69, 9.17) is 9.15 Å². The molecule has 3 rings (SSSR count). The number of rotatable bonds is 3. The van der Waals surface area contributed by atoms with Crippen molar-refractivity contribution in [3.8, 4) is 5.75 Å². The molecule has 2 heterocycles. The minimum absolute atomic E-state index is 0.0542. The third-order valence-corrected chi connectivity index (χ3v) is 3.13. The summed E-state index contributed by atoms with van der Waals surface area (Å²) >= 11 is 0. The predicted molar refractivity (Wildman–Crippen MR) is 68.0 cm³/mol. The summed E-state index contributed by atoms with van der Waals surface area (Å²) in [6, 6.07) is 9.61. The van der Waals surface area contributed by atoms with E-state index in [-0.39, 0.29) is 12.0 Å². The van der Waals surface area contributed by atoms with Crippen LogP contribution in [0.1, 0.15) is 16.2 Å². The second kappa shape index (κ2) is 4.76. The molecule has 1 aromatic carbocycles. The molecule has 5 heteroatoms. The van der Waals surface area contributed by atoms with Crippen LogP contribution in [0.4, 0.5) is 0 Å². The minimum Gasteiger partial charge on any atom is -0.487 e. The minimum atomic E-state index is -0.0980. The van der Waals surface area contributed by atoms with Crippen LogP contribution < -0.4 is 4.74 Å². The Morgan fingerprint density at radius 3 is 2.74 bits per heavy atom. The van der Waals surface area contributed by atoms with E-state index < -0.39 is 0 Å². The van der Waals surface area contributed by atoms with Crippen molar-refractivity contribution in [2.45, 2.75) is 13.0 Å². The number of hydrogen-bond acceptors (Lipinski definition) is 4. The lowest BCUT2D eigenvalue weighted by Crippen LogP contribution is -2.56. The summed E-state index contributed by atoms with van der Waals surface area (Å²) in [6.45, 7) is 2.90. The van der Waals surface area contributed by atoms with Gasteiger partial charge in [-0.2, -0.15) is 0 Å². The van der Waals surface area contributed by atoms with Crippen molar-refractivity contribution in [3.63, 3.8) is 0 Å². The number of nitrogens with zero attached hydrogens (tertiary/aromatic N) is 2. The number of hydrogen-bond donors (Lipinski definition) is 0. The SMILES string of the molecule is Cc1ocnc1C(=O)N1CC(Oc2ccccc2)C1. The fourth-order valence-electron chi connectivity index (χ4n) is 2.03. The molecule has 0 atom stereocenters. The normalized spacial score (nSPS) is 15.1. The van der Waals surface area contributed by atoms with Crippen molar-refractivity contribution in [2.75, 3.05) is 13.1 Å². The van der Waals surface area contributed by atoms with Crippen LogP contribution in [0.15, 0.2) is 41.1 Å². The summed E-state index contributed by atoms with van der Waals surface area (Å²) in [4.78, 5) is 17.7. The van der Waals surface area contributed by atoms with Gasteiger partial charge in [0.15, 0.2) is 12.1 Å². The second-order valence-electron chi connectivity index (χ2n) is 4.52. The van der Waals surface area contributed by atoms with Crippen LogP contribution in [-0.4, -0.2) is 35.0 Å². The number of ether oxygens (including phenoxy) is 1. The lowest BCUT2D eigenvalue weighted by atomic mass is 10.1. The monoisotopic (exact) mass is 258 g/mol. The molecule has 0 unspecified atom stereocenters. The molecule has 19 heavy (non-hydrogen) atoms. The Morgan fingerprint density at radius 2 is 2.11 bits per heavy atom. The molecule has 0 saturated carbocycles. The van der Waals surface area contributed by atoms with E-state index in [0.717, 1.165) is 5.75 Å². The Bertz CT molecular complexity index is 573. The van der Waals surface area contributed by atoms with Crippen molar-refractivity contribution in [1.82, 2.24) is 9.88 Å². The zero-order valence-corrected chi connectivity index (χ0v) is 10.6. The molecule has 98 valence electrons. The summed E-state index contributed by atoms with van der Waals surface area (Å²) in [5.74, 6) is 1.29. The number of carbonyl (C=O) groups excluding carboxylic acids is 1. The maximum Gasteiger partial charge on any atom is 0.276 e. The molecule has 0 spiro atoms. The highest BCUT2D eigenvalue weighted by molar-refractivity contribution is 5.93. The zero-order chi connectivity index (χ0) is 13.2. The first-order valence-corrected chi connectivity index (χ1v) is 6.15. The number of carbonyl (C=O) groups is 1. The average Bonchev–Trinajstić information content (AvgIpc) is 2.80. The first kappa shape index (κ1) is 11.8. The standard InChI is InChI=1S/C14H14N2O3/c1-10-13(15-9-18-10)14(17)16-7-12(8-16)19-11-5-3-2-4-6-11/h2-6,9,12H,7-8H2,1H3. The van der Waals surface area contributed by atoms with Gasteiger partial charge in [0.1, 0.15) is 17.6 Å². The summed E-state index contributed by atoms with van der Waals surface area (Å²) in [7, 11) is 0. The molecular weight excluding hydrogens is 244 g/mol. The smallest absolute Gasteiger partial charge is 0.276 e. The highest BCUT2D eigenvalue weighted by Crippen LogP contribution is 2.20. The van der Waals surface area contributed by atoms with E-state index in [0.29, 0.717) is 24.5 Å². The Balaban J connectivity index is 1.56. The fourth-order valence-corrected chi connectivity index (χ4v) is 2.03. The van der Waals surface area contributed by atoms with Gasteiger partial charge in [-0.25, -0.2) is 4.98 Å². The van der Waals surface area contributed by atoms with E-state index in [1.165, 1.54) is 6.39 Å². The fraction of sp³-hybridized carbons (Fsp3) is 0.286. The molecule has 1 aliphatic rings. The van der Waals surface area contributed by atoms with Crippen molar-refractivity contribution in [1.29, 1.82) is 0 Å². The van der Waals surface area contributed by atoms with Gasteiger partial charge in [-0.1, -0.05) is 18.2 Å². The van der Waals surface area contributed by atoms with Crippen LogP contribution in [0.3, 0.4) is 0 Å². The van der Waals surface area contributed by atoms with E-state index >= 15 is 0 Å². The van der Waals surface area contributed by atoms with Gasteiger partial charge in [-0.3, -0.25) is 4.79 Å². The molecule has 2 aromatic rings. The van der Waals surface area contributed by atoms with Gasteiger partial charge in [-0.05, 0) is 19.1 Å². The van der Waals surface area contributed by atoms with Gasteiger partial charge in [0.2, 0.25) is 0 Å². The molecule has 0 radical (unpaired) electrons. The van der Waals surface area contributed by atoms with E-state index in [2.05, 4.69) is 4.98 Å². The second-order valence-corrected chi connectivity index (χ2v) is 4.52. The molecule has 1 saturated heterocycles. The predicted octanol–water partition coefficient (Wildman–Crippen LogP) is 1.89. The molecule has 0 aliphatic carbocycles. The van der Waals surface area contributed by atoms with Gasteiger partial charge >= 0.3 is 0 Å². The highest BCUT2D eigenvalue weighted by atomic mass is 16.5. The molecule has 5 nitrogen and oxygen atoms in total. The third kappa shape index (κ3) is 2.31. The summed E-state index contributed by atoms with van der Waals surface area (Å²) < 4.78 is 10.8. The van der Waals surface area contributed by atoms with E-state index in [1.54, 1.807) is 11.8 Å². The van der Waals surface area contributed by atoms with Gasteiger partial charge in [0.05, 0.1) is 13.1 Å². The van der Waals surface area contributed by atoms with Crippen LogP contribution in [0, 0.1) is 6.92 Å². The summed E-state index contributed by atoms with van der Waals surface area (Å²) in [5, 5.41) is 0. The average molecular weight is 258 g/mol. The molecule has 1 aromatic heterocycles. The lowest BCUT2D eigenvalue weighted by Gasteiger charge is -2.38. The molecule has 0 bridgehead atoms. The van der Waals surface area contributed by atoms with Crippen LogP contribution in [0.25, 0.3) is 0 Å². The number of aryl methyl sites for hydroxylation is 1. The Morgan fingerprint density at radius 1 is 1.37 bits per heavy atom. The summed E-state index contributed by atoms with van der Waals surface area (Å²) in [6.07, 6.45) is 1.35. The Labute approximate surface area is 110 Å². The third-order valence-electron chi connectivity index (χ3n) is 3.13. The van der Waals surface area contributed by atoms with Crippen molar-refractivity contribution < 1.29 is 13.9 Å². The lowest BCUT2D eigenvalue weighted by molar-refractivity contribution is 0.0172. The first-order valence-electron chi connectivity index (χ1n) is 6.15. The number of likely N-dealkylation sites (tertiary alicyclic amines) is 1. The van der Waals surface area contributed by atoms with Crippen LogP contribution >= 0.6 is 0 Å². The van der Waals surface area contributed by atoms with E-state index in [9.17, 15) is 4.79 Å². The Kier molecular flexibility index (Phi) is 2.95. The number of benzene rings is 1. The van der Waals surface area contributed by atoms with Crippen LogP contribution in [0.5, 0.6) is 5.75 Å². The topological polar surface area (TPSA) is 55.6 Å². The zero-order valence-electron chi connectivity index (χ0n) is 10.6. The van der Waals surface area contributed by atoms with Crippen molar-refractivity contribution in [3.05, 3.63) is 48.2 Å². The van der Waals surface area contributed by atoms with Gasteiger partial charge < -0.3 is 14.1 Å². The Hall–Kier alpha value is -2.30. The summed E-state index contributed by atoms with van der Waals surface area (Å²) in [5.41, 5.74) is 0.387. The van der Waals surface area contributed by atoms with Crippen LogP contribution in [0.2, 0.25) is 0 Å². The molecule has 1 aliphatic heterocycles. The first-order chi connectivity index (χ1) is 9.24. The van der Waals surface area contributed by atoms with Gasteiger partial charge in [0, 0.05) is 0 Å². The molecule has 1 fully saturated rings. The van der Waals surface area contributed by atoms with Gasteiger partial charge in [-0.15, -0.1) is 0 Å². The number of oxazole rings is 1. The van der Waals surface area contributed by atoms with Crippen LogP contribution in [-0.2, 0) is 0 Å². The van der Waals surface area contributed by atoms with E-state index in [1.807, 2.05) is 30.3 Å². The maximum absolute atomic E-state index is 12.1. The maximum atomic E-state index is 12.1.